The van der Waals surface area contributed by atoms with Gasteiger partial charge in [-0.25, -0.2) is 0 Å². The molecule has 0 saturated heterocycles. The molecular weight excluding hydrogens is 284 g/mol. The van der Waals surface area contributed by atoms with Crippen LogP contribution in [0.3, 0.4) is 0 Å². The summed E-state index contributed by atoms with van der Waals surface area (Å²) in [7, 11) is 1.93. The second-order valence-electron chi connectivity index (χ2n) is 5.40. The van der Waals surface area contributed by atoms with Crippen LogP contribution in [0.1, 0.15) is 36.6 Å². The number of ether oxygens (including phenoxy) is 1. The van der Waals surface area contributed by atoms with E-state index in [1.807, 2.05) is 52.2 Å². The SMILES string of the molecule is CNC(c1cc(C)cc(Cl)c1)c1cncc(OC(C)C)c1. The molecule has 0 amide bonds. The molecule has 21 heavy (non-hydrogen) atoms. The van der Waals surface area contributed by atoms with Crippen molar-refractivity contribution in [2.24, 2.45) is 0 Å². The van der Waals surface area contributed by atoms with Crippen molar-refractivity contribution in [2.75, 3.05) is 7.05 Å². The molecule has 1 heterocycles. The quantitative estimate of drug-likeness (QED) is 0.901. The van der Waals surface area contributed by atoms with Crippen molar-refractivity contribution in [3.63, 3.8) is 0 Å². The number of pyridine rings is 1. The van der Waals surface area contributed by atoms with Gasteiger partial charge in [0.2, 0.25) is 0 Å². The highest BCUT2D eigenvalue weighted by Crippen LogP contribution is 2.27. The summed E-state index contributed by atoms with van der Waals surface area (Å²) in [5.41, 5.74) is 3.31. The van der Waals surface area contributed by atoms with Crippen molar-refractivity contribution >= 4 is 11.6 Å². The summed E-state index contributed by atoms with van der Waals surface area (Å²) in [5.74, 6) is 0.779. The second-order valence-corrected chi connectivity index (χ2v) is 5.84. The third kappa shape index (κ3) is 4.19. The Morgan fingerprint density at radius 1 is 1.10 bits per heavy atom. The van der Waals surface area contributed by atoms with Gasteiger partial charge in [0.05, 0.1) is 18.3 Å². The lowest BCUT2D eigenvalue weighted by molar-refractivity contribution is 0.241. The molecule has 0 spiro atoms. The maximum Gasteiger partial charge on any atom is 0.138 e. The first-order chi connectivity index (χ1) is 9.99. The summed E-state index contributed by atoms with van der Waals surface area (Å²) in [6.45, 7) is 6.05. The molecule has 0 aliphatic carbocycles. The predicted octanol–water partition coefficient (Wildman–Crippen LogP) is 4.14. The molecule has 3 nitrogen and oxygen atoms in total. The number of hydrogen-bond donors (Lipinski definition) is 1. The van der Waals surface area contributed by atoms with Crippen LogP contribution in [0.5, 0.6) is 5.75 Å². The molecule has 0 saturated carbocycles. The Morgan fingerprint density at radius 2 is 1.86 bits per heavy atom. The molecule has 1 N–H and O–H groups in total. The third-order valence-corrected chi connectivity index (χ3v) is 3.34. The van der Waals surface area contributed by atoms with Crippen LogP contribution in [0.4, 0.5) is 0 Å². The molecule has 0 aliphatic rings. The normalized spacial score (nSPS) is 12.5. The van der Waals surface area contributed by atoms with Crippen molar-refractivity contribution in [3.05, 3.63) is 58.4 Å². The topological polar surface area (TPSA) is 34.2 Å². The molecular formula is C17H21ClN2O. The minimum atomic E-state index is 0.0330. The van der Waals surface area contributed by atoms with Crippen LogP contribution in [-0.4, -0.2) is 18.1 Å². The molecule has 0 radical (unpaired) electrons. The van der Waals surface area contributed by atoms with Crippen LogP contribution in [0.15, 0.2) is 36.7 Å². The number of halogens is 1. The van der Waals surface area contributed by atoms with Crippen LogP contribution < -0.4 is 10.1 Å². The van der Waals surface area contributed by atoms with E-state index >= 15 is 0 Å². The Labute approximate surface area is 131 Å². The van der Waals surface area contributed by atoms with Crippen LogP contribution in [-0.2, 0) is 0 Å². The fourth-order valence-corrected chi connectivity index (χ4v) is 2.69. The highest BCUT2D eigenvalue weighted by molar-refractivity contribution is 6.30. The van der Waals surface area contributed by atoms with Crippen molar-refractivity contribution in [1.29, 1.82) is 0 Å². The molecule has 2 rings (SSSR count). The number of nitrogens with one attached hydrogen (secondary N) is 1. The highest BCUT2D eigenvalue weighted by Gasteiger charge is 2.14. The van der Waals surface area contributed by atoms with E-state index in [1.165, 1.54) is 0 Å². The standard InChI is InChI=1S/C17H21ClN2O/c1-11(2)21-16-8-14(9-20-10-16)17(19-4)13-5-12(3)6-15(18)7-13/h5-11,17,19H,1-4H3. The largest absolute Gasteiger partial charge is 0.489 e. The maximum absolute atomic E-state index is 6.17. The first kappa shape index (κ1) is 15.8. The molecule has 4 heteroatoms. The Morgan fingerprint density at radius 3 is 2.48 bits per heavy atom. The lowest BCUT2D eigenvalue weighted by Crippen LogP contribution is -2.18. The van der Waals surface area contributed by atoms with Gasteiger partial charge in [0.1, 0.15) is 5.75 Å². The van der Waals surface area contributed by atoms with Crippen LogP contribution in [0.25, 0.3) is 0 Å². The van der Waals surface area contributed by atoms with Crippen LogP contribution in [0, 0.1) is 6.92 Å². The fraction of sp³-hybridized carbons (Fsp3) is 0.353. The van der Waals surface area contributed by atoms with E-state index < -0.39 is 0 Å². The van der Waals surface area contributed by atoms with Gasteiger partial charge >= 0.3 is 0 Å². The van der Waals surface area contributed by atoms with Gasteiger partial charge < -0.3 is 10.1 Å². The molecule has 0 aliphatic heterocycles. The van der Waals surface area contributed by atoms with E-state index in [-0.39, 0.29) is 12.1 Å². The van der Waals surface area contributed by atoms with Gasteiger partial charge in [-0.3, -0.25) is 4.98 Å². The molecule has 1 aromatic carbocycles. The lowest BCUT2D eigenvalue weighted by atomic mass is 9.98. The summed E-state index contributed by atoms with van der Waals surface area (Å²) in [6, 6.07) is 8.11. The van der Waals surface area contributed by atoms with Crippen LogP contribution >= 0.6 is 11.6 Å². The summed E-state index contributed by atoms with van der Waals surface area (Å²) in [5, 5.41) is 4.06. The summed E-state index contributed by atoms with van der Waals surface area (Å²) >= 11 is 6.17. The number of aryl methyl sites for hydroxylation is 1. The van der Waals surface area contributed by atoms with E-state index in [9.17, 15) is 0 Å². The van der Waals surface area contributed by atoms with Gasteiger partial charge in [0.25, 0.3) is 0 Å². The third-order valence-electron chi connectivity index (χ3n) is 3.13. The van der Waals surface area contributed by atoms with Gasteiger partial charge in [0, 0.05) is 11.2 Å². The van der Waals surface area contributed by atoms with E-state index in [1.54, 1.807) is 6.20 Å². The van der Waals surface area contributed by atoms with Crippen molar-refractivity contribution < 1.29 is 4.74 Å². The van der Waals surface area contributed by atoms with Gasteiger partial charge in [-0.1, -0.05) is 17.7 Å². The lowest BCUT2D eigenvalue weighted by Gasteiger charge is -2.19. The summed E-state index contributed by atoms with van der Waals surface area (Å²) < 4.78 is 5.72. The molecule has 2 aromatic rings. The Balaban J connectivity index is 2.36. The molecule has 0 fully saturated rings. The fourth-order valence-electron chi connectivity index (χ4n) is 2.39. The average Bonchev–Trinajstić information content (AvgIpc) is 2.38. The van der Waals surface area contributed by atoms with Gasteiger partial charge in [0.15, 0.2) is 0 Å². The average molecular weight is 305 g/mol. The minimum absolute atomic E-state index is 0.0330. The second kappa shape index (κ2) is 6.92. The Bertz CT molecular complexity index is 593. The van der Waals surface area contributed by atoms with Gasteiger partial charge in [-0.05, 0) is 62.7 Å². The molecule has 0 bridgehead atoms. The number of rotatable bonds is 5. The Kier molecular flexibility index (Phi) is 5.21. The zero-order valence-corrected chi connectivity index (χ0v) is 13.6. The summed E-state index contributed by atoms with van der Waals surface area (Å²) in [6.07, 6.45) is 3.72. The summed E-state index contributed by atoms with van der Waals surface area (Å²) in [4.78, 5) is 4.28. The molecule has 112 valence electrons. The number of benzene rings is 1. The van der Waals surface area contributed by atoms with E-state index in [4.69, 9.17) is 16.3 Å². The van der Waals surface area contributed by atoms with E-state index in [0.29, 0.717) is 0 Å². The molecule has 1 aromatic heterocycles. The first-order valence-corrected chi connectivity index (χ1v) is 7.43. The zero-order chi connectivity index (χ0) is 15.4. The van der Waals surface area contributed by atoms with Crippen LogP contribution in [0.2, 0.25) is 5.02 Å². The van der Waals surface area contributed by atoms with E-state index in [2.05, 4.69) is 16.4 Å². The first-order valence-electron chi connectivity index (χ1n) is 7.05. The highest BCUT2D eigenvalue weighted by atomic mass is 35.5. The van der Waals surface area contributed by atoms with Crippen molar-refractivity contribution in [3.8, 4) is 5.75 Å². The predicted molar refractivity (Wildman–Crippen MR) is 87.1 cm³/mol. The number of nitrogens with zero attached hydrogens (tertiary/aromatic N) is 1. The number of hydrogen-bond acceptors (Lipinski definition) is 3. The minimum Gasteiger partial charge on any atom is -0.489 e. The Hall–Kier alpha value is -1.58. The van der Waals surface area contributed by atoms with Crippen molar-refractivity contribution in [2.45, 2.75) is 32.9 Å². The van der Waals surface area contributed by atoms with Gasteiger partial charge in [-0.15, -0.1) is 0 Å². The monoisotopic (exact) mass is 304 g/mol. The zero-order valence-electron chi connectivity index (χ0n) is 12.9. The van der Waals surface area contributed by atoms with Crippen molar-refractivity contribution in [1.82, 2.24) is 10.3 Å². The smallest absolute Gasteiger partial charge is 0.138 e. The number of aromatic nitrogens is 1. The molecule has 1 unspecified atom stereocenters. The molecule has 1 atom stereocenters. The van der Waals surface area contributed by atoms with Gasteiger partial charge in [-0.2, -0.15) is 0 Å². The van der Waals surface area contributed by atoms with E-state index in [0.717, 1.165) is 27.5 Å². The maximum atomic E-state index is 6.17.